The lowest BCUT2D eigenvalue weighted by Crippen LogP contribution is -2.23. The van der Waals surface area contributed by atoms with Crippen molar-refractivity contribution >= 4 is 26.5 Å². The van der Waals surface area contributed by atoms with Gasteiger partial charge < -0.3 is 4.98 Å². The number of nitrogens with zero attached hydrogens (tertiary/aromatic N) is 6. The summed E-state index contributed by atoms with van der Waals surface area (Å²) in [5, 5.41) is 13.4. The third-order valence-electron chi connectivity index (χ3n) is 4.92. The average Bonchev–Trinajstić information content (AvgIpc) is 3.34. The van der Waals surface area contributed by atoms with Gasteiger partial charge in [-0.25, -0.2) is 27.7 Å². The van der Waals surface area contributed by atoms with Crippen LogP contribution in [0.5, 0.6) is 0 Å². The smallest absolute Gasteiger partial charge is 0.303 e. The van der Waals surface area contributed by atoms with Crippen LogP contribution in [0.3, 0.4) is 0 Å². The SMILES string of the molecule is N#Cc1ccn2ncc(-c3ncc4[nH]c(=O)n(C5CCS(=O)(=O)C5)c4n3)c2c1. The number of pyridine rings is 1. The number of imidazole rings is 1. The van der Waals surface area contributed by atoms with Gasteiger partial charge in [-0.05, 0) is 18.6 Å². The van der Waals surface area contributed by atoms with Crippen molar-refractivity contribution in [3.8, 4) is 17.5 Å². The first-order valence-corrected chi connectivity index (χ1v) is 10.3. The Balaban J connectivity index is 1.70. The molecule has 28 heavy (non-hydrogen) atoms. The van der Waals surface area contributed by atoms with Gasteiger partial charge in [-0.15, -0.1) is 0 Å². The lowest BCUT2D eigenvalue weighted by molar-refractivity contribution is 0.551. The Kier molecular flexibility index (Phi) is 3.41. The standard InChI is InChI=1S/C17H13N7O3S/c18-6-10-1-3-23-14(5-10)12(7-20-23)15-19-8-13-16(22-15)24(17(25)21-13)11-2-4-28(26,27)9-11/h1,3,5,7-8,11H,2,4,9H2,(H,21,25). The first-order chi connectivity index (χ1) is 13.4. The van der Waals surface area contributed by atoms with Crippen LogP contribution in [0.1, 0.15) is 18.0 Å². The highest BCUT2D eigenvalue weighted by atomic mass is 32.2. The molecule has 0 spiro atoms. The maximum Gasteiger partial charge on any atom is 0.328 e. The molecule has 0 aromatic carbocycles. The third kappa shape index (κ3) is 2.49. The predicted molar refractivity (Wildman–Crippen MR) is 99.4 cm³/mol. The van der Waals surface area contributed by atoms with Crippen LogP contribution >= 0.6 is 0 Å². The molecule has 1 atom stereocenters. The Bertz CT molecular complexity index is 1460. The average molecular weight is 395 g/mol. The highest BCUT2D eigenvalue weighted by Crippen LogP contribution is 2.27. The monoisotopic (exact) mass is 395 g/mol. The molecule has 0 saturated carbocycles. The van der Waals surface area contributed by atoms with E-state index in [9.17, 15) is 13.2 Å². The van der Waals surface area contributed by atoms with Crippen LogP contribution in [0.4, 0.5) is 0 Å². The van der Waals surface area contributed by atoms with Crippen molar-refractivity contribution in [2.45, 2.75) is 12.5 Å². The number of aromatic amines is 1. The van der Waals surface area contributed by atoms with Gasteiger partial charge in [0, 0.05) is 6.20 Å². The van der Waals surface area contributed by atoms with Crippen LogP contribution in [0.15, 0.2) is 35.5 Å². The lowest BCUT2D eigenvalue weighted by atomic mass is 10.2. The first-order valence-electron chi connectivity index (χ1n) is 8.51. The molecule has 1 unspecified atom stereocenters. The van der Waals surface area contributed by atoms with Gasteiger partial charge in [-0.3, -0.25) is 4.57 Å². The summed E-state index contributed by atoms with van der Waals surface area (Å²) in [6.07, 6.45) is 5.13. The molecule has 4 aromatic heterocycles. The zero-order chi connectivity index (χ0) is 19.5. The molecule has 0 bridgehead atoms. The molecular formula is C17H13N7O3S. The topological polar surface area (TPSA) is 139 Å². The molecule has 140 valence electrons. The number of aromatic nitrogens is 6. The number of H-pyrrole nitrogens is 1. The van der Waals surface area contributed by atoms with Crippen LogP contribution < -0.4 is 5.69 Å². The molecule has 10 nitrogen and oxygen atoms in total. The highest BCUT2D eigenvalue weighted by molar-refractivity contribution is 7.91. The number of hydrogen-bond donors (Lipinski definition) is 1. The van der Waals surface area contributed by atoms with E-state index in [1.165, 1.54) is 10.8 Å². The molecule has 1 aliphatic rings. The van der Waals surface area contributed by atoms with Crippen molar-refractivity contribution in [3.63, 3.8) is 0 Å². The quantitative estimate of drug-likeness (QED) is 0.526. The van der Waals surface area contributed by atoms with E-state index in [1.54, 1.807) is 29.0 Å². The second kappa shape index (κ2) is 5.74. The van der Waals surface area contributed by atoms with E-state index in [2.05, 4.69) is 26.1 Å². The van der Waals surface area contributed by atoms with Gasteiger partial charge in [0.2, 0.25) is 0 Å². The van der Waals surface area contributed by atoms with E-state index in [0.717, 1.165) is 0 Å². The number of nitriles is 1. The van der Waals surface area contributed by atoms with Crippen LogP contribution in [0.25, 0.3) is 28.1 Å². The number of sulfone groups is 1. The molecule has 0 aliphatic carbocycles. The largest absolute Gasteiger partial charge is 0.328 e. The summed E-state index contributed by atoms with van der Waals surface area (Å²) in [7, 11) is -3.16. The fourth-order valence-corrected chi connectivity index (χ4v) is 5.29. The molecule has 5 rings (SSSR count). The van der Waals surface area contributed by atoms with Gasteiger partial charge in [-0.2, -0.15) is 10.4 Å². The van der Waals surface area contributed by atoms with E-state index >= 15 is 0 Å². The van der Waals surface area contributed by atoms with Crippen LogP contribution in [-0.4, -0.2) is 49.1 Å². The fraction of sp³-hybridized carbons (Fsp3) is 0.235. The molecule has 4 aromatic rings. The minimum absolute atomic E-state index is 0.0553. The first kappa shape index (κ1) is 16.6. The predicted octanol–water partition coefficient (Wildman–Crippen LogP) is 0.666. The number of hydrogen-bond acceptors (Lipinski definition) is 7. The highest BCUT2D eigenvalue weighted by Gasteiger charge is 2.31. The Morgan fingerprint density at radius 3 is 2.93 bits per heavy atom. The lowest BCUT2D eigenvalue weighted by Gasteiger charge is -2.09. The Morgan fingerprint density at radius 1 is 1.32 bits per heavy atom. The zero-order valence-corrected chi connectivity index (χ0v) is 15.2. The van der Waals surface area contributed by atoms with E-state index in [4.69, 9.17) is 5.26 Å². The van der Waals surface area contributed by atoms with Gasteiger partial charge in [0.1, 0.15) is 5.52 Å². The van der Waals surface area contributed by atoms with E-state index in [1.807, 2.05) is 0 Å². The summed E-state index contributed by atoms with van der Waals surface area (Å²) in [6, 6.07) is 4.96. The van der Waals surface area contributed by atoms with E-state index in [-0.39, 0.29) is 11.5 Å². The summed E-state index contributed by atoms with van der Waals surface area (Å²) >= 11 is 0. The molecule has 0 amide bonds. The zero-order valence-electron chi connectivity index (χ0n) is 14.4. The molecule has 5 heterocycles. The van der Waals surface area contributed by atoms with Crippen molar-refractivity contribution in [2.24, 2.45) is 0 Å². The molecule has 1 aliphatic heterocycles. The normalized spacial score (nSPS) is 18.6. The van der Waals surface area contributed by atoms with Gasteiger partial charge in [0.15, 0.2) is 21.3 Å². The van der Waals surface area contributed by atoms with Crippen molar-refractivity contribution in [2.75, 3.05) is 11.5 Å². The minimum atomic E-state index is -3.16. The Hall–Kier alpha value is -3.52. The summed E-state index contributed by atoms with van der Waals surface area (Å²) in [5.74, 6) is 0.312. The molecular weight excluding hydrogens is 382 g/mol. The number of nitrogens with one attached hydrogen (secondary N) is 1. The van der Waals surface area contributed by atoms with Gasteiger partial charge in [0.25, 0.3) is 0 Å². The number of rotatable bonds is 2. The Labute approximate surface area is 158 Å². The minimum Gasteiger partial charge on any atom is -0.303 e. The maximum absolute atomic E-state index is 12.4. The molecule has 1 saturated heterocycles. The van der Waals surface area contributed by atoms with Crippen LogP contribution in [-0.2, 0) is 9.84 Å². The van der Waals surface area contributed by atoms with E-state index < -0.39 is 21.6 Å². The summed E-state index contributed by atoms with van der Waals surface area (Å²) in [4.78, 5) is 23.9. The van der Waals surface area contributed by atoms with Crippen molar-refractivity contribution < 1.29 is 8.42 Å². The number of fused-ring (bicyclic) bond motifs is 2. The van der Waals surface area contributed by atoms with Gasteiger partial charge in [-0.1, -0.05) is 0 Å². The van der Waals surface area contributed by atoms with Crippen molar-refractivity contribution in [1.29, 1.82) is 5.26 Å². The van der Waals surface area contributed by atoms with Crippen molar-refractivity contribution in [1.82, 2.24) is 29.1 Å². The Morgan fingerprint density at radius 2 is 2.18 bits per heavy atom. The third-order valence-corrected chi connectivity index (χ3v) is 6.67. The van der Waals surface area contributed by atoms with Crippen LogP contribution in [0, 0.1) is 11.3 Å². The van der Waals surface area contributed by atoms with Crippen molar-refractivity contribution in [3.05, 3.63) is 46.8 Å². The summed E-state index contributed by atoms with van der Waals surface area (Å²) in [6.45, 7) is 0. The van der Waals surface area contributed by atoms with Gasteiger partial charge in [0.05, 0.1) is 52.7 Å². The molecule has 1 N–H and O–H groups in total. The summed E-state index contributed by atoms with van der Waals surface area (Å²) < 4.78 is 26.7. The molecule has 1 fully saturated rings. The second-order valence-electron chi connectivity index (χ2n) is 6.70. The maximum atomic E-state index is 12.4. The van der Waals surface area contributed by atoms with Gasteiger partial charge >= 0.3 is 5.69 Å². The fourth-order valence-electron chi connectivity index (χ4n) is 3.59. The molecule has 11 heteroatoms. The molecule has 0 radical (unpaired) electrons. The van der Waals surface area contributed by atoms with E-state index in [0.29, 0.717) is 40.1 Å². The van der Waals surface area contributed by atoms with Crippen LogP contribution in [0.2, 0.25) is 0 Å². The second-order valence-corrected chi connectivity index (χ2v) is 8.93. The summed E-state index contributed by atoms with van der Waals surface area (Å²) in [5.41, 5.74) is 2.13.